The lowest BCUT2D eigenvalue weighted by molar-refractivity contribution is -0.142. The summed E-state index contributed by atoms with van der Waals surface area (Å²) in [6, 6.07) is 7.57. The highest BCUT2D eigenvalue weighted by molar-refractivity contribution is 7.13. The largest absolute Gasteiger partial charge is 0.489 e. The molecule has 1 aromatic carbocycles. The van der Waals surface area contributed by atoms with E-state index < -0.39 is 0 Å². The second-order valence-corrected chi connectivity index (χ2v) is 5.49. The summed E-state index contributed by atoms with van der Waals surface area (Å²) < 4.78 is 10.5. The topological polar surface area (TPSA) is 72.8 Å². The fourth-order valence-electron chi connectivity index (χ4n) is 1.82. The van der Waals surface area contributed by atoms with Crippen molar-refractivity contribution in [2.75, 3.05) is 18.6 Å². The minimum Gasteiger partial charge on any atom is -0.489 e. The first-order valence-corrected chi connectivity index (χ1v) is 8.32. The van der Waals surface area contributed by atoms with E-state index in [2.05, 4.69) is 22.1 Å². The van der Waals surface area contributed by atoms with Crippen LogP contribution in [0.15, 0.2) is 47.4 Å². The van der Waals surface area contributed by atoms with Crippen molar-refractivity contribution < 1.29 is 14.3 Å². The molecule has 2 rings (SSSR count). The highest BCUT2D eigenvalue weighted by Gasteiger charge is 2.08. The molecule has 0 bridgehead atoms. The minimum atomic E-state index is -0.286. The SMILES string of the molecule is C=CCOc1ccccc1C=NNc1nc(CC(=O)OCC)cs1. The quantitative estimate of drug-likeness (QED) is 0.327. The number of thiazole rings is 1. The molecule has 0 spiro atoms. The molecule has 0 atom stereocenters. The molecule has 0 amide bonds. The molecular weight excluding hydrogens is 326 g/mol. The van der Waals surface area contributed by atoms with Gasteiger partial charge in [-0.3, -0.25) is 10.2 Å². The van der Waals surface area contributed by atoms with Gasteiger partial charge in [0.05, 0.1) is 24.9 Å². The van der Waals surface area contributed by atoms with Gasteiger partial charge in [-0.25, -0.2) is 4.98 Å². The van der Waals surface area contributed by atoms with Crippen molar-refractivity contribution in [1.29, 1.82) is 0 Å². The molecule has 0 aliphatic heterocycles. The molecule has 6 nitrogen and oxygen atoms in total. The van der Waals surface area contributed by atoms with Crippen molar-refractivity contribution in [3.8, 4) is 5.75 Å². The van der Waals surface area contributed by atoms with Crippen molar-refractivity contribution in [3.05, 3.63) is 53.6 Å². The first-order chi connectivity index (χ1) is 11.7. The van der Waals surface area contributed by atoms with Crippen LogP contribution in [0.25, 0.3) is 0 Å². The molecule has 7 heteroatoms. The van der Waals surface area contributed by atoms with Crippen molar-refractivity contribution in [3.63, 3.8) is 0 Å². The Balaban J connectivity index is 1.94. The lowest BCUT2D eigenvalue weighted by Crippen LogP contribution is -2.07. The van der Waals surface area contributed by atoms with Crippen LogP contribution in [0.4, 0.5) is 5.13 Å². The number of nitrogens with zero attached hydrogens (tertiary/aromatic N) is 2. The molecule has 1 N–H and O–H groups in total. The average molecular weight is 345 g/mol. The average Bonchev–Trinajstić information content (AvgIpc) is 3.01. The summed E-state index contributed by atoms with van der Waals surface area (Å²) in [5.41, 5.74) is 4.35. The number of esters is 1. The Kier molecular flexibility index (Phi) is 6.97. The standard InChI is InChI=1S/C17H19N3O3S/c1-3-9-23-15-8-6-5-7-13(15)11-18-20-17-19-14(12-24-17)10-16(21)22-4-2/h3,5-8,11-12H,1,4,9-10H2,2H3,(H,19,20). The van der Waals surface area contributed by atoms with E-state index in [0.717, 1.165) is 11.3 Å². The van der Waals surface area contributed by atoms with Crippen molar-refractivity contribution in [2.45, 2.75) is 13.3 Å². The van der Waals surface area contributed by atoms with Gasteiger partial charge >= 0.3 is 5.97 Å². The minimum absolute atomic E-state index is 0.161. The van der Waals surface area contributed by atoms with Crippen LogP contribution in [-0.2, 0) is 16.0 Å². The zero-order chi connectivity index (χ0) is 17.2. The maximum absolute atomic E-state index is 11.4. The predicted octanol–water partition coefficient (Wildman–Crippen LogP) is 3.26. The Morgan fingerprint density at radius 2 is 2.29 bits per heavy atom. The number of carbonyl (C=O) groups is 1. The van der Waals surface area contributed by atoms with E-state index in [-0.39, 0.29) is 12.4 Å². The molecule has 0 aliphatic carbocycles. The summed E-state index contributed by atoms with van der Waals surface area (Å²) >= 11 is 1.37. The van der Waals surface area contributed by atoms with Crippen LogP contribution in [-0.4, -0.2) is 30.4 Å². The molecule has 0 radical (unpaired) electrons. The zero-order valence-corrected chi connectivity index (χ0v) is 14.2. The van der Waals surface area contributed by atoms with Gasteiger partial charge in [0.2, 0.25) is 5.13 Å². The van der Waals surface area contributed by atoms with E-state index in [9.17, 15) is 4.79 Å². The Morgan fingerprint density at radius 1 is 1.46 bits per heavy atom. The number of hydrazone groups is 1. The van der Waals surface area contributed by atoms with Crippen molar-refractivity contribution in [2.24, 2.45) is 5.10 Å². The van der Waals surface area contributed by atoms with Gasteiger partial charge < -0.3 is 9.47 Å². The van der Waals surface area contributed by atoms with Gasteiger partial charge in [-0.1, -0.05) is 24.8 Å². The van der Waals surface area contributed by atoms with Gasteiger partial charge in [-0.15, -0.1) is 11.3 Å². The lowest BCUT2D eigenvalue weighted by atomic mass is 10.2. The summed E-state index contributed by atoms with van der Waals surface area (Å²) in [6.07, 6.45) is 3.51. The molecule has 0 aliphatic rings. The molecule has 1 aromatic heterocycles. The number of hydrogen-bond acceptors (Lipinski definition) is 7. The van der Waals surface area contributed by atoms with Crippen LogP contribution < -0.4 is 10.2 Å². The van der Waals surface area contributed by atoms with Crippen LogP contribution in [0.3, 0.4) is 0 Å². The number of carbonyl (C=O) groups excluding carboxylic acids is 1. The molecule has 0 fully saturated rings. The van der Waals surface area contributed by atoms with E-state index in [4.69, 9.17) is 9.47 Å². The number of nitrogens with one attached hydrogen (secondary N) is 1. The molecule has 1 heterocycles. The van der Waals surface area contributed by atoms with Gasteiger partial charge in [0.1, 0.15) is 12.4 Å². The first kappa shape index (κ1) is 17.7. The number of para-hydroxylation sites is 1. The van der Waals surface area contributed by atoms with Crippen molar-refractivity contribution >= 4 is 28.7 Å². The normalized spacial score (nSPS) is 10.5. The molecule has 0 unspecified atom stereocenters. The molecule has 2 aromatic rings. The maximum atomic E-state index is 11.4. The van der Waals surface area contributed by atoms with Crippen LogP contribution in [0, 0.1) is 0 Å². The number of hydrogen-bond donors (Lipinski definition) is 1. The number of anilines is 1. The third-order valence-electron chi connectivity index (χ3n) is 2.82. The summed E-state index contributed by atoms with van der Waals surface area (Å²) in [4.78, 5) is 15.7. The molecule has 24 heavy (non-hydrogen) atoms. The van der Waals surface area contributed by atoms with E-state index in [1.165, 1.54) is 11.3 Å². The highest BCUT2D eigenvalue weighted by Crippen LogP contribution is 2.18. The van der Waals surface area contributed by atoms with Gasteiger partial charge in [-0.05, 0) is 19.1 Å². The number of ether oxygens (including phenoxy) is 2. The van der Waals surface area contributed by atoms with E-state index in [1.807, 2.05) is 24.3 Å². The van der Waals surface area contributed by atoms with Crippen LogP contribution >= 0.6 is 11.3 Å². The lowest BCUT2D eigenvalue weighted by Gasteiger charge is -2.05. The Morgan fingerprint density at radius 3 is 3.08 bits per heavy atom. The third-order valence-corrected chi connectivity index (χ3v) is 3.62. The van der Waals surface area contributed by atoms with E-state index in [1.54, 1.807) is 24.6 Å². The molecule has 0 saturated carbocycles. The second-order valence-electron chi connectivity index (χ2n) is 4.63. The van der Waals surface area contributed by atoms with Crippen LogP contribution in [0.2, 0.25) is 0 Å². The summed E-state index contributed by atoms with van der Waals surface area (Å²) in [7, 11) is 0. The van der Waals surface area contributed by atoms with Crippen molar-refractivity contribution in [1.82, 2.24) is 4.98 Å². The molecular formula is C17H19N3O3S. The van der Waals surface area contributed by atoms with Gasteiger partial charge in [0.25, 0.3) is 0 Å². The number of rotatable bonds is 9. The molecule has 0 saturated heterocycles. The number of benzene rings is 1. The van der Waals surface area contributed by atoms with E-state index in [0.29, 0.717) is 24.0 Å². The zero-order valence-electron chi connectivity index (χ0n) is 13.4. The summed E-state index contributed by atoms with van der Waals surface area (Å²) in [5.74, 6) is 0.441. The molecule has 126 valence electrons. The summed E-state index contributed by atoms with van der Waals surface area (Å²) in [5, 5.41) is 6.57. The Hall–Kier alpha value is -2.67. The highest BCUT2D eigenvalue weighted by atomic mass is 32.1. The van der Waals surface area contributed by atoms with E-state index >= 15 is 0 Å². The fraction of sp³-hybridized carbons (Fsp3) is 0.235. The number of aromatic nitrogens is 1. The fourth-order valence-corrected chi connectivity index (χ4v) is 2.48. The maximum Gasteiger partial charge on any atom is 0.311 e. The summed E-state index contributed by atoms with van der Waals surface area (Å²) in [6.45, 7) is 6.21. The van der Waals surface area contributed by atoms with Gasteiger partial charge in [-0.2, -0.15) is 5.10 Å². The third kappa shape index (κ3) is 5.51. The van der Waals surface area contributed by atoms with Gasteiger partial charge in [0, 0.05) is 10.9 Å². The monoisotopic (exact) mass is 345 g/mol. The Labute approximate surface area is 144 Å². The first-order valence-electron chi connectivity index (χ1n) is 7.44. The second kappa shape index (κ2) is 9.46. The predicted molar refractivity (Wildman–Crippen MR) is 95.8 cm³/mol. The Bertz CT molecular complexity index is 713. The smallest absolute Gasteiger partial charge is 0.311 e. The van der Waals surface area contributed by atoms with Crippen LogP contribution in [0.1, 0.15) is 18.2 Å². The van der Waals surface area contributed by atoms with Crippen LogP contribution in [0.5, 0.6) is 5.75 Å². The van der Waals surface area contributed by atoms with Gasteiger partial charge in [0.15, 0.2) is 0 Å².